The second-order valence-electron chi connectivity index (χ2n) is 4.30. The van der Waals surface area contributed by atoms with Crippen LogP contribution in [0.25, 0.3) is 0 Å². The van der Waals surface area contributed by atoms with E-state index in [4.69, 9.17) is 5.73 Å². The number of β-amino-alcohol motifs (C(OH)–C–C–N with tert-alkyl or cyclic N) is 2. The van der Waals surface area contributed by atoms with Crippen molar-refractivity contribution in [1.82, 2.24) is 4.90 Å². The Balaban J connectivity index is 2.23. The number of hydrogen-bond acceptors (Lipinski definition) is 4. The molecule has 1 heterocycles. The molecule has 1 aliphatic heterocycles. The second-order valence-corrected chi connectivity index (χ2v) is 4.30. The molecule has 0 aliphatic carbocycles. The van der Waals surface area contributed by atoms with Gasteiger partial charge >= 0.3 is 0 Å². The molecule has 0 aromatic carbocycles. The van der Waals surface area contributed by atoms with Crippen molar-refractivity contribution in [2.24, 2.45) is 5.73 Å². The van der Waals surface area contributed by atoms with Gasteiger partial charge in [0.05, 0.1) is 12.2 Å². The molecule has 3 unspecified atom stereocenters. The standard InChI is InChI=1S/C10H20N2O3/c1-7(11)3-2-4-10(15)12-5-8(13)9(14)6-12/h7-9,13-14H,2-6,11H2,1H3. The van der Waals surface area contributed by atoms with E-state index in [9.17, 15) is 15.0 Å². The van der Waals surface area contributed by atoms with Gasteiger partial charge in [-0.25, -0.2) is 0 Å². The molecule has 5 nitrogen and oxygen atoms in total. The fraction of sp³-hybridized carbons (Fsp3) is 0.900. The molecule has 0 saturated carbocycles. The molecule has 88 valence electrons. The number of nitrogens with two attached hydrogens (primary N) is 1. The molecule has 1 fully saturated rings. The van der Waals surface area contributed by atoms with Crippen molar-refractivity contribution in [2.45, 2.75) is 44.4 Å². The summed E-state index contributed by atoms with van der Waals surface area (Å²) in [5.41, 5.74) is 5.57. The Morgan fingerprint density at radius 2 is 2.00 bits per heavy atom. The van der Waals surface area contributed by atoms with Crippen molar-refractivity contribution in [3.05, 3.63) is 0 Å². The number of aliphatic hydroxyl groups excluding tert-OH is 2. The van der Waals surface area contributed by atoms with Gasteiger partial charge in [0.15, 0.2) is 0 Å². The largest absolute Gasteiger partial charge is 0.388 e. The first-order valence-corrected chi connectivity index (χ1v) is 5.40. The summed E-state index contributed by atoms with van der Waals surface area (Å²) in [4.78, 5) is 13.1. The normalized spacial score (nSPS) is 28.1. The Bertz CT molecular complexity index is 211. The fourth-order valence-electron chi connectivity index (χ4n) is 1.71. The Morgan fingerprint density at radius 1 is 1.47 bits per heavy atom. The van der Waals surface area contributed by atoms with Crippen LogP contribution in [0.2, 0.25) is 0 Å². The molecule has 1 saturated heterocycles. The van der Waals surface area contributed by atoms with Crippen LogP contribution in [-0.4, -0.2) is 52.4 Å². The second kappa shape index (κ2) is 5.44. The molecule has 15 heavy (non-hydrogen) atoms. The summed E-state index contributed by atoms with van der Waals surface area (Å²) >= 11 is 0. The van der Waals surface area contributed by atoms with E-state index in [-0.39, 0.29) is 25.0 Å². The minimum atomic E-state index is -0.789. The smallest absolute Gasteiger partial charge is 0.222 e. The van der Waals surface area contributed by atoms with Gasteiger partial charge in [-0.3, -0.25) is 4.79 Å². The van der Waals surface area contributed by atoms with Crippen LogP contribution in [0.3, 0.4) is 0 Å². The highest BCUT2D eigenvalue weighted by atomic mass is 16.3. The van der Waals surface area contributed by atoms with Crippen LogP contribution in [0.15, 0.2) is 0 Å². The minimum absolute atomic E-state index is 0.00810. The first-order valence-electron chi connectivity index (χ1n) is 5.40. The third kappa shape index (κ3) is 3.77. The highest BCUT2D eigenvalue weighted by Crippen LogP contribution is 2.12. The van der Waals surface area contributed by atoms with Crippen molar-refractivity contribution in [1.29, 1.82) is 0 Å². The SMILES string of the molecule is CC(N)CCCC(=O)N1CC(O)C(O)C1. The highest BCUT2D eigenvalue weighted by molar-refractivity contribution is 5.76. The highest BCUT2D eigenvalue weighted by Gasteiger charge is 2.31. The average molecular weight is 216 g/mol. The topological polar surface area (TPSA) is 86.8 Å². The summed E-state index contributed by atoms with van der Waals surface area (Å²) in [6, 6.07) is 0.118. The lowest BCUT2D eigenvalue weighted by molar-refractivity contribution is -0.130. The maximum atomic E-state index is 11.6. The van der Waals surface area contributed by atoms with E-state index in [2.05, 4.69) is 0 Å². The molecular weight excluding hydrogens is 196 g/mol. The first kappa shape index (κ1) is 12.4. The first-order chi connectivity index (χ1) is 7.00. The summed E-state index contributed by atoms with van der Waals surface area (Å²) in [5.74, 6) is -0.00810. The zero-order valence-corrected chi connectivity index (χ0v) is 9.09. The summed E-state index contributed by atoms with van der Waals surface area (Å²) in [5, 5.41) is 18.5. The van der Waals surface area contributed by atoms with Crippen LogP contribution in [-0.2, 0) is 4.79 Å². The molecule has 1 rings (SSSR count). The van der Waals surface area contributed by atoms with Gasteiger partial charge in [-0.2, -0.15) is 0 Å². The third-order valence-corrected chi connectivity index (χ3v) is 2.66. The van der Waals surface area contributed by atoms with Crippen molar-refractivity contribution in [2.75, 3.05) is 13.1 Å². The van der Waals surface area contributed by atoms with E-state index in [1.54, 1.807) is 0 Å². The molecule has 0 spiro atoms. The molecule has 4 N–H and O–H groups in total. The minimum Gasteiger partial charge on any atom is -0.388 e. The van der Waals surface area contributed by atoms with E-state index in [0.717, 1.165) is 12.8 Å². The van der Waals surface area contributed by atoms with Gasteiger partial charge in [0.2, 0.25) is 5.91 Å². The van der Waals surface area contributed by atoms with Gasteiger partial charge in [0.1, 0.15) is 0 Å². The lowest BCUT2D eigenvalue weighted by atomic mass is 10.1. The number of aliphatic hydroxyl groups is 2. The lowest BCUT2D eigenvalue weighted by Gasteiger charge is -2.15. The molecule has 1 aliphatic rings. The summed E-state index contributed by atoms with van der Waals surface area (Å²) < 4.78 is 0. The predicted molar refractivity (Wildman–Crippen MR) is 56.1 cm³/mol. The van der Waals surface area contributed by atoms with Crippen LogP contribution in [0, 0.1) is 0 Å². The van der Waals surface area contributed by atoms with E-state index in [1.807, 2.05) is 6.92 Å². The lowest BCUT2D eigenvalue weighted by Crippen LogP contribution is -2.29. The molecular formula is C10H20N2O3. The number of nitrogens with zero attached hydrogens (tertiary/aromatic N) is 1. The molecule has 3 atom stereocenters. The summed E-state index contributed by atoms with van der Waals surface area (Å²) in [6.07, 6.45) is 0.454. The van der Waals surface area contributed by atoms with E-state index in [1.165, 1.54) is 4.90 Å². The third-order valence-electron chi connectivity index (χ3n) is 2.66. The molecule has 5 heteroatoms. The summed E-state index contributed by atoms with van der Waals surface area (Å²) in [6.45, 7) is 2.41. The number of rotatable bonds is 4. The molecule has 1 amide bonds. The van der Waals surface area contributed by atoms with Crippen molar-refractivity contribution in [3.8, 4) is 0 Å². The quantitative estimate of drug-likeness (QED) is 0.566. The maximum Gasteiger partial charge on any atom is 0.222 e. The van der Waals surface area contributed by atoms with Crippen LogP contribution < -0.4 is 5.73 Å². The van der Waals surface area contributed by atoms with Gasteiger partial charge in [-0.15, -0.1) is 0 Å². The fourth-order valence-corrected chi connectivity index (χ4v) is 1.71. The Labute approximate surface area is 89.9 Å². The number of amides is 1. The van der Waals surface area contributed by atoms with Crippen LogP contribution in [0.5, 0.6) is 0 Å². The molecule has 0 aromatic heterocycles. The number of carbonyl (C=O) groups excluding carboxylic acids is 1. The van der Waals surface area contributed by atoms with Crippen LogP contribution in [0.1, 0.15) is 26.2 Å². The van der Waals surface area contributed by atoms with E-state index < -0.39 is 12.2 Å². The van der Waals surface area contributed by atoms with E-state index in [0.29, 0.717) is 6.42 Å². The van der Waals surface area contributed by atoms with Crippen LogP contribution >= 0.6 is 0 Å². The average Bonchev–Trinajstić information content (AvgIpc) is 2.46. The van der Waals surface area contributed by atoms with Gasteiger partial charge in [-0.05, 0) is 19.8 Å². The molecule has 0 radical (unpaired) electrons. The zero-order valence-electron chi connectivity index (χ0n) is 9.09. The molecule has 0 bridgehead atoms. The number of likely N-dealkylation sites (tertiary alicyclic amines) is 1. The monoisotopic (exact) mass is 216 g/mol. The van der Waals surface area contributed by atoms with E-state index >= 15 is 0 Å². The Hall–Kier alpha value is -0.650. The van der Waals surface area contributed by atoms with Crippen LogP contribution in [0.4, 0.5) is 0 Å². The number of carbonyl (C=O) groups is 1. The molecule has 0 aromatic rings. The predicted octanol–water partition coefficient (Wildman–Crippen LogP) is -0.932. The van der Waals surface area contributed by atoms with Crippen molar-refractivity contribution in [3.63, 3.8) is 0 Å². The van der Waals surface area contributed by atoms with Gasteiger partial charge < -0.3 is 20.8 Å². The Kier molecular flexibility index (Phi) is 4.50. The number of hydrogen-bond donors (Lipinski definition) is 3. The zero-order chi connectivity index (χ0) is 11.4. The van der Waals surface area contributed by atoms with Gasteiger partial charge in [0, 0.05) is 25.6 Å². The maximum absolute atomic E-state index is 11.6. The Morgan fingerprint density at radius 3 is 2.47 bits per heavy atom. The van der Waals surface area contributed by atoms with Gasteiger partial charge in [-0.1, -0.05) is 0 Å². The van der Waals surface area contributed by atoms with Gasteiger partial charge in [0.25, 0.3) is 0 Å². The summed E-state index contributed by atoms with van der Waals surface area (Å²) in [7, 11) is 0. The van der Waals surface area contributed by atoms with Crippen molar-refractivity contribution >= 4 is 5.91 Å². The van der Waals surface area contributed by atoms with Crippen molar-refractivity contribution < 1.29 is 15.0 Å².